The van der Waals surface area contributed by atoms with E-state index in [0.29, 0.717) is 0 Å². The maximum Gasteiger partial charge on any atom is 0 e. The fourth-order valence-corrected chi connectivity index (χ4v) is 2.61. The van der Waals surface area contributed by atoms with Crippen molar-refractivity contribution in [2.45, 2.75) is 13.8 Å². The molecule has 0 bridgehead atoms. The van der Waals surface area contributed by atoms with E-state index < -0.39 is 0 Å². The topological polar surface area (TPSA) is 0 Å². The smallest absolute Gasteiger partial charge is 0 e. The monoisotopic (exact) mass is 317 g/mol. The predicted molar refractivity (Wildman–Crippen MR) is 86.8 cm³/mol. The third-order valence-corrected chi connectivity index (χ3v) is 3.52. The number of benzene rings is 2. The standard InChI is InChI=1S/2C10H9.Co/c2*1-8-6-9-4-2-3-5-10(9)7-8;/h2*2-7H,1H3;/q2*-1;. The third-order valence-electron chi connectivity index (χ3n) is 3.52. The predicted octanol–water partition coefficient (Wildman–Crippen LogP) is 5.63. The first-order valence-electron chi connectivity index (χ1n) is 6.96. The van der Waals surface area contributed by atoms with Crippen molar-refractivity contribution in [2.75, 3.05) is 0 Å². The second-order valence-corrected chi connectivity index (χ2v) is 5.32. The molecule has 0 saturated carbocycles. The van der Waals surface area contributed by atoms with Gasteiger partial charge >= 0.3 is 0 Å². The van der Waals surface area contributed by atoms with Crippen LogP contribution in [0.3, 0.4) is 0 Å². The Bertz CT molecular complexity index is 619. The molecule has 0 aromatic heterocycles. The van der Waals surface area contributed by atoms with Gasteiger partial charge in [0, 0.05) is 16.8 Å². The van der Waals surface area contributed by atoms with E-state index in [1.165, 1.54) is 33.4 Å². The maximum atomic E-state index is 2.20. The summed E-state index contributed by atoms with van der Waals surface area (Å²) in [6.45, 7) is 4.25. The van der Waals surface area contributed by atoms with E-state index in [2.05, 4.69) is 86.6 Å². The van der Waals surface area contributed by atoms with Crippen LogP contribution in [-0.2, 0) is 16.8 Å². The van der Waals surface area contributed by atoms with Crippen molar-refractivity contribution in [3.63, 3.8) is 0 Å². The Morgan fingerprint density at radius 3 is 1.38 bits per heavy atom. The second-order valence-electron chi connectivity index (χ2n) is 5.32. The van der Waals surface area contributed by atoms with Crippen LogP contribution in [-0.4, -0.2) is 0 Å². The molecule has 4 rings (SSSR count). The Hall–Kier alpha value is -1.83. The van der Waals surface area contributed by atoms with Crippen LogP contribution in [0.25, 0.3) is 22.3 Å². The van der Waals surface area contributed by atoms with Gasteiger partial charge in [-0.05, 0) is 13.8 Å². The summed E-state index contributed by atoms with van der Waals surface area (Å²) in [6.07, 6.45) is 0. The zero-order valence-corrected chi connectivity index (χ0v) is 13.3. The molecular formula is C20H18Co-2. The number of fused-ring (bicyclic) bond motifs is 2. The first-order valence-corrected chi connectivity index (χ1v) is 6.96. The first-order chi connectivity index (χ1) is 9.72. The minimum Gasteiger partial charge on any atom is -0.172 e. The summed E-state index contributed by atoms with van der Waals surface area (Å²) < 4.78 is 0. The van der Waals surface area contributed by atoms with Gasteiger partial charge in [-0.15, -0.1) is 34.4 Å². The Kier molecular flexibility index (Phi) is 5.00. The van der Waals surface area contributed by atoms with Crippen LogP contribution in [0.2, 0.25) is 0 Å². The van der Waals surface area contributed by atoms with E-state index in [1.807, 2.05) is 0 Å². The summed E-state index contributed by atoms with van der Waals surface area (Å²) >= 11 is 0. The normalized spacial score (nSPS) is 10.0. The molecule has 1 radical (unpaired) electrons. The molecule has 4 aliphatic rings. The van der Waals surface area contributed by atoms with Crippen LogP contribution < -0.4 is 0 Å². The van der Waals surface area contributed by atoms with Gasteiger partial charge in [0.2, 0.25) is 0 Å². The molecule has 1 heteroatoms. The van der Waals surface area contributed by atoms with E-state index in [-0.39, 0.29) is 16.8 Å². The van der Waals surface area contributed by atoms with Crippen LogP contribution >= 0.6 is 0 Å². The summed E-state index contributed by atoms with van der Waals surface area (Å²) in [6, 6.07) is 25.7. The molecule has 0 amide bonds. The minimum atomic E-state index is 0. The fourth-order valence-electron chi connectivity index (χ4n) is 2.61. The van der Waals surface area contributed by atoms with Crippen LogP contribution in [0, 0.1) is 13.8 Å². The first kappa shape index (κ1) is 15.6. The van der Waals surface area contributed by atoms with Crippen molar-refractivity contribution in [3.8, 4) is 22.3 Å². The molecule has 0 saturated heterocycles. The van der Waals surface area contributed by atoms with E-state index >= 15 is 0 Å². The van der Waals surface area contributed by atoms with E-state index in [0.717, 1.165) is 0 Å². The molecule has 0 spiro atoms. The molecule has 0 unspecified atom stereocenters. The van der Waals surface area contributed by atoms with Crippen molar-refractivity contribution in [1.29, 1.82) is 0 Å². The van der Waals surface area contributed by atoms with Crippen LogP contribution in [0.4, 0.5) is 0 Å². The average molecular weight is 317 g/mol. The molecule has 0 aliphatic heterocycles. The van der Waals surface area contributed by atoms with Gasteiger partial charge in [-0.25, -0.2) is 0 Å². The summed E-state index contributed by atoms with van der Waals surface area (Å²) in [5.41, 5.74) is 8.09. The molecule has 109 valence electrons. The van der Waals surface area contributed by atoms with Crippen molar-refractivity contribution in [1.82, 2.24) is 0 Å². The quantitative estimate of drug-likeness (QED) is 0.368. The zero-order chi connectivity index (χ0) is 13.9. The maximum absolute atomic E-state index is 2.20. The van der Waals surface area contributed by atoms with Gasteiger partial charge in [0.1, 0.15) is 0 Å². The Labute approximate surface area is 137 Å². The Morgan fingerprint density at radius 2 is 1.00 bits per heavy atom. The largest absolute Gasteiger partial charge is 0.172 e. The SMILES string of the molecule is Cc1cc2cc[cH-]cc-2c1.Cc1cc2cc[cH-]cc-2c1.[Co]. The molecule has 4 aliphatic carbocycles. The Morgan fingerprint density at radius 1 is 0.619 bits per heavy atom. The van der Waals surface area contributed by atoms with Crippen molar-refractivity contribution in [3.05, 3.63) is 83.9 Å². The molecule has 0 atom stereocenters. The Balaban J connectivity index is 0.000000147. The van der Waals surface area contributed by atoms with Crippen molar-refractivity contribution < 1.29 is 16.8 Å². The number of hydrogen-bond donors (Lipinski definition) is 0. The molecule has 0 nitrogen and oxygen atoms in total. The van der Waals surface area contributed by atoms with Gasteiger partial charge in [-0.2, -0.15) is 48.5 Å². The molecule has 0 fully saturated rings. The van der Waals surface area contributed by atoms with Gasteiger partial charge in [0.05, 0.1) is 0 Å². The number of hydrogen-bond acceptors (Lipinski definition) is 0. The van der Waals surface area contributed by atoms with Crippen molar-refractivity contribution in [2.24, 2.45) is 0 Å². The van der Waals surface area contributed by atoms with E-state index in [1.54, 1.807) is 0 Å². The van der Waals surface area contributed by atoms with Crippen molar-refractivity contribution >= 4 is 0 Å². The third kappa shape index (κ3) is 3.63. The van der Waals surface area contributed by atoms with Gasteiger partial charge in [0.15, 0.2) is 0 Å². The van der Waals surface area contributed by atoms with Crippen LogP contribution in [0.5, 0.6) is 0 Å². The van der Waals surface area contributed by atoms with E-state index in [4.69, 9.17) is 0 Å². The molecule has 0 heterocycles. The van der Waals surface area contributed by atoms with Crippen LogP contribution in [0.15, 0.2) is 72.8 Å². The average Bonchev–Trinajstić information content (AvgIpc) is 2.99. The molecule has 0 aromatic carbocycles. The molecular weight excluding hydrogens is 299 g/mol. The summed E-state index contributed by atoms with van der Waals surface area (Å²) in [4.78, 5) is 0. The molecule has 0 N–H and O–H groups in total. The number of aryl methyl sites for hydroxylation is 2. The zero-order valence-electron chi connectivity index (χ0n) is 12.3. The van der Waals surface area contributed by atoms with Gasteiger partial charge in [-0.3, -0.25) is 0 Å². The van der Waals surface area contributed by atoms with Crippen LogP contribution in [0.1, 0.15) is 11.1 Å². The number of rotatable bonds is 0. The summed E-state index contributed by atoms with van der Waals surface area (Å²) in [5, 5.41) is 0. The van der Waals surface area contributed by atoms with Gasteiger partial charge < -0.3 is 0 Å². The molecule has 0 aromatic rings. The van der Waals surface area contributed by atoms with Gasteiger partial charge in [-0.1, -0.05) is 23.3 Å². The van der Waals surface area contributed by atoms with Gasteiger partial charge in [0.25, 0.3) is 0 Å². The fraction of sp³-hybridized carbons (Fsp3) is 0.100. The minimum absolute atomic E-state index is 0. The second kappa shape index (κ2) is 6.75. The molecule has 21 heavy (non-hydrogen) atoms. The summed E-state index contributed by atoms with van der Waals surface area (Å²) in [7, 11) is 0. The van der Waals surface area contributed by atoms with E-state index in [9.17, 15) is 0 Å². The summed E-state index contributed by atoms with van der Waals surface area (Å²) in [5.74, 6) is 0.